The summed E-state index contributed by atoms with van der Waals surface area (Å²) >= 11 is 6.06. The van der Waals surface area contributed by atoms with Crippen LogP contribution in [0.3, 0.4) is 0 Å². The first-order chi connectivity index (χ1) is 5.97. The van der Waals surface area contributed by atoms with Gasteiger partial charge in [0.05, 0.1) is 10.9 Å². The first kappa shape index (κ1) is 10.8. The average Bonchev–Trinajstić information content (AvgIpc) is 2.09. The third-order valence-corrected chi connectivity index (χ3v) is 3.03. The molecule has 3 heteroatoms. The van der Waals surface area contributed by atoms with E-state index in [0.29, 0.717) is 0 Å². The fourth-order valence-electron chi connectivity index (χ4n) is 1.33. The van der Waals surface area contributed by atoms with Gasteiger partial charge in [-0.15, -0.1) is 11.6 Å². The fourth-order valence-corrected chi connectivity index (χ4v) is 1.48. The smallest absolute Gasteiger partial charge is 0.0580 e. The zero-order valence-electron chi connectivity index (χ0n) is 8.39. The lowest BCUT2D eigenvalue weighted by Gasteiger charge is -2.29. The first-order valence-corrected chi connectivity index (χ1v) is 4.91. The van der Waals surface area contributed by atoms with Crippen molar-refractivity contribution in [1.29, 1.82) is 0 Å². The van der Waals surface area contributed by atoms with Crippen LogP contribution in [0.4, 0.5) is 0 Å². The molecule has 74 valence electrons. The number of halogens is 1. The Balaban J connectivity index is 2.86. The van der Waals surface area contributed by atoms with Crippen LogP contribution < -0.4 is 11.3 Å². The molecule has 0 saturated heterocycles. The normalized spacial score (nSPS) is 23.9. The van der Waals surface area contributed by atoms with E-state index in [2.05, 4.69) is 38.3 Å². The standard InChI is InChI=1S/C10H17ClN2/c1-7-6-8(4-5-9(7)11)10(2,3)13-12/h4,6,9,13H,5,12H2,1-3H3. The molecule has 1 rings (SSSR count). The minimum absolute atomic E-state index is 0.150. The van der Waals surface area contributed by atoms with Crippen LogP contribution in [0.2, 0.25) is 0 Å². The maximum Gasteiger partial charge on any atom is 0.0580 e. The van der Waals surface area contributed by atoms with Gasteiger partial charge in [-0.2, -0.15) is 0 Å². The van der Waals surface area contributed by atoms with Crippen molar-refractivity contribution in [2.75, 3.05) is 0 Å². The quantitative estimate of drug-likeness (QED) is 0.407. The minimum atomic E-state index is -0.168. The monoisotopic (exact) mass is 200 g/mol. The van der Waals surface area contributed by atoms with E-state index in [4.69, 9.17) is 17.4 Å². The number of allylic oxidation sites excluding steroid dienone is 2. The van der Waals surface area contributed by atoms with Crippen LogP contribution in [0.15, 0.2) is 23.3 Å². The van der Waals surface area contributed by atoms with E-state index < -0.39 is 0 Å². The van der Waals surface area contributed by atoms with Gasteiger partial charge in [-0.05, 0) is 32.8 Å². The van der Waals surface area contributed by atoms with E-state index in [1.54, 1.807) is 0 Å². The zero-order valence-corrected chi connectivity index (χ0v) is 9.15. The lowest BCUT2D eigenvalue weighted by molar-refractivity contribution is 0.469. The van der Waals surface area contributed by atoms with Gasteiger partial charge in [0, 0.05) is 0 Å². The van der Waals surface area contributed by atoms with Gasteiger partial charge in [-0.3, -0.25) is 11.3 Å². The summed E-state index contributed by atoms with van der Waals surface area (Å²) in [7, 11) is 0. The van der Waals surface area contributed by atoms with Crippen LogP contribution in [0, 0.1) is 0 Å². The molecule has 0 heterocycles. The molecule has 3 N–H and O–H groups in total. The van der Waals surface area contributed by atoms with Crippen molar-refractivity contribution in [3.05, 3.63) is 23.3 Å². The number of hydrogen-bond donors (Lipinski definition) is 2. The van der Waals surface area contributed by atoms with E-state index >= 15 is 0 Å². The molecule has 0 aromatic heterocycles. The number of nitrogens with two attached hydrogens (primary N) is 1. The molecule has 0 spiro atoms. The lowest BCUT2D eigenvalue weighted by atomic mass is 9.88. The number of hydrogen-bond acceptors (Lipinski definition) is 2. The molecule has 0 radical (unpaired) electrons. The highest BCUT2D eigenvalue weighted by Crippen LogP contribution is 2.27. The Bertz CT molecular complexity index is 254. The third-order valence-electron chi connectivity index (χ3n) is 2.50. The van der Waals surface area contributed by atoms with Gasteiger partial charge < -0.3 is 0 Å². The van der Waals surface area contributed by atoms with E-state index in [1.807, 2.05) is 0 Å². The van der Waals surface area contributed by atoms with Crippen LogP contribution in [0.25, 0.3) is 0 Å². The van der Waals surface area contributed by atoms with Crippen molar-refractivity contribution in [2.45, 2.75) is 38.1 Å². The minimum Gasteiger partial charge on any atom is -0.271 e. The average molecular weight is 201 g/mol. The molecule has 1 aliphatic rings. The second-order valence-corrected chi connectivity index (χ2v) is 4.55. The van der Waals surface area contributed by atoms with Crippen LogP contribution >= 0.6 is 11.6 Å². The van der Waals surface area contributed by atoms with Gasteiger partial charge in [-0.1, -0.05) is 17.7 Å². The Morgan fingerprint density at radius 2 is 2.23 bits per heavy atom. The Hall–Kier alpha value is -0.310. The van der Waals surface area contributed by atoms with Gasteiger partial charge in [0.1, 0.15) is 0 Å². The Kier molecular flexibility index (Phi) is 3.17. The summed E-state index contributed by atoms with van der Waals surface area (Å²) in [5.41, 5.74) is 5.05. The molecule has 13 heavy (non-hydrogen) atoms. The lowest BCUT2D eigenvalue weighted by Crippen LogP contribution is -2.45. The Morgan fingerprint density at radius 1 is 1.62 bits per heavy atom. The Morgan fingerprint density at radius 3 is 2.69 bits per heavy atom. The maximum atomic E-state index is 6.06. The number of rotatable bonds is 2. The summed E-state index contributed by atoms with van der Waals surface area (Å²) in [4.78, 5) is 0. The summed E-state index contributed by atoms with van der Waals surface area (Å²) < 4.78 is 0. The molecule has 0 aromatic rings. The van der Waals surface area contributed by atoms with Crippen molar-refractivity contribution >= 4 is 11.6 Å². The van der Waals surface area contributed by atoms with Crippen LogP contribution in [-0.2, 0) is 0 Å². The predicted octanol–water partition coefficient (Wildman–Crippen LogP) is 2.11. The van der Waals surface area contributed by atoms with Crippen molar-refractivity contribution in [2.24, 2.45) is 5.84 Å². The van der Waals surface area contributed by atoms with Gasteiger partial charge in [0.25, 0.3) is 0 Å². The highest BCUT2D eigenvalue weighted by Gasteiger charge is 2.23. The second-order valence-electron chi connectivity index (χ2n) is 4.02. The number of alkyl halides is 1. The fraction of sp³-hybridized carbons (Fsp3) is 0.600. The molecular weight excluding hydrogens is 184 g/mol. The first-order valence-electron chi connectivity index (χ1n) is 4.48. The highest BCUT2D eigenvalue weighted by molar-refractivity contribution is 6.22. The molecule has 0 aliphatic heterocycles. The van der Waals surface area contributed by atoms with E-state index in [1.165, 1.54) is 11.1 Å². The summed E-state index contributed by atoms with van der Waals surface area (Å²) in [6, 6.07) is 0. The summed E-state index contributed by atoms with van der Waals surface area (Å²) in [6.45, 7) is 6.16. The van der Waals surface area contributed by atoms with E-state index in [9.17, 15) is 0 Å². The van der Waals surface area contributed by atoms with E-state index in [0.717, 1.165) is 6.42 Å². The molecule has 2 nitrogen and oxygen atoms in total. The molecule has 1 unspecified atom stereocenters. The van der Waals surface area contributed by atoms with Crippen molar-refractivity contribution in [3.63, 3.8) is 0 Å². The second kappa shape index (κ2) is 3.82. The molecule has 1 aliphatic carbocycles. The van der Waals surface area contributed by atoms with E-state index in [-0.39, 0.29) is 10.9 Å². The van der Waals surface area contributed by atoms with Gasteiger partial charge in [-0.25, -0.2) is 0 Å². The number of nitrogens with one attached hydrogen (secondary N) is 1. The number of hydrazine groups is 1. The van der Waals surface area contributed by atoms with Crippen LogP contribution in [0.1, 0.15) is 27.2 Å². The predicted molar refractivity (Wildman–Crippen MR) is 57.5 cm³/mol. The van der Waals surface area contributed by atoms with Crippen molar-refractivity contribution in [3.8, 4) is 0 Å². The maximum absolute atomic E-state index is 6.06. The van der Waals surface area contributed by atoms with Gasteiger partial charge in [0.2, 0.25) is 0 Å². The SMILES string of the molecule is CC1=CC(C(C)(C)NN)=CCC1Cl. The Labute approximate surface area is 84.8 Å². The molecular formula is C10H17ClN2. The molecule has 0 saturated carbocycles. The van der Waals surface area contributed by atoms with Gasteiger partial charge in [0.15, 0.2) is 0 Å². The molecule has 0 fully saturated rings. The molecule has 0 bridgehead atoms. The summed E-state index contributed by atoms with van der Waals surface area (Å²) in [5.74, 6) is 5.46. The zero-order chi connectivity index (χ0) is 10.1. The van der Waals surface area contributed by atoms with Crippen molar-refractivity contribution in [1.82, 2.24) is 5.43 Å². The molecule has 0 aromatic carbocycles. The highest BCUT2D eigenvalue weighted by atomic mass is 35.5. The van der Waals surface area contributed by atoms with Crippen molar-refractivity contribution < 1.29 is 0 Å². The summed E-state index contributed by atoms with van der Waals surface area (Å²) in [6.07, 6.45) is 5.15. The molecule has 0 amide bonds. The summed E-state index contributed by atoms with van der Waals surface area (Å²) in [5, 5.41) is 0.150. The third kappa shape index (κ3) is 2.33. The van der Waals surface area contributed by atoms with Crippen LogP contribution in [0.5, 0.6) is 0 Å². The largest absolute Gasteiger partial charge is 0.271 e. The van der Waals surface area contributed by atoms with Crippen LogP contribution in [-0.4, -0.2) is 10.9 Å². The molecule has 1 atom stereocenters. The van der Waals surface area contributed by atoms with Gasteiger partial charge >= 0.3 is 0 Å². The topological polar surface area (TPSA) is 38.0 Å².